The highest BCUT2D eigenvalue weighted by molar-refractivity contribution is 6.03. The summed E-state index contributed by atoms with van der Waals surface area (Å²) in [5, 5.41) is 9.23. The summed E-state index contributed by atoms with van der Waals surface area (Å²) >= 11 is 0. The molecular formula is C22H20FNO4. The normalized spacial score (nSPS) is 11.1. The molecule has 0 heterocycles. The Morgan fingerprint density at radius 2 is 1.86 bits per heavy atom. The quantitative estimate of drug-likeness (QED) is 0.309. The van der Waals surface area contributed by atoms with Gasteiger partial charge in [-0.15, -0.1) is 0 Å². The molecule has 2 aromatic carbocycles. The van der Waals surface area contributed by atoms with Crippen molar-refractivity contribution in [3.63, 3.8) is 0 Å². The van der Waals surface area contributed by atoms with Crippen molar-refractivity contribution >= 4 is 17.8 Å². The lowest BCUT2D eigenvalue weighted by molar-refractivity contribution is -0.137. The minimum Gasteiger partial charge on any atom is -0.496 e. The maximum Gasteiger partial charge on any atom is 0.349 e. The van der Waals surface area contributed by atoms with Gasteiger partial charge in [0.25, 0.3) is 0 Å². The Bertz CT molecular complexity index is 940. The first kappa shape index (κ1) is 20.8. The molecule has 0 aliphatic carbocycles. The second-order valence-electron chi connectivity index (χ2n) is 6.34. The molecule has 6 heteroatoms. The molecule has 0 saturated carbocycles. The number of benzene rings is 2. The van der Waals surface area contributed by atoms with Crippen molar-refractivity contribution in [3.05, 3.63) is 70.5 Å². The van der Waals surface area contributed by atoms with Crippen LogP contribution in [0.1, 0.15) is 41.3 Å². The molecule has 0 atom stereocenters. The zero-order valence-corrected chi connectivity index (χ0v) is 15.9. The van der Waals surface area contributed by atoms with E-state index >= 15 is 0 Å². The molecule has 0 aromatic heterocycles. The predicted octanol–water partition coefficient (Wildman–Crippen LogP) is 4.29. The van der Waals surface area contributed by atoms with Gasteiger partial charge in [-0.1, -0.05) is 38.1 Å². The number of nitriles is 1. The first-order valence-electron chi connectivity index (χ1n) is 8.61. The van der Waals surface area contributed by atoms with Crippen molar-refractivity contribution in [2.45, 2.75) is 19.8 Å². The fourth-order valence-corrected chi connectivity index (χ4v) is 2.47. The summed E-state index contributed by atoms with van der Waals surface area (Å²) in [5.74, 6) is -1.65. The summed E-state index contributed by atoms with van der Waals surface area (Å²) in [5.41, 5.74) is 1.52. The molecule has 0 saturated heterocycles. The van der Waals surface area contributed by atoms with Gasteiger partial charge >= 0.3 is 5.97 Å². The fraction of sp³-hybridized carbons (Fsp3) is 0.227. The molecule has 28 heavy (non-hydrogen) atoms. The molecule has 0 aliphatic heterocycles. The zero-order chi connectivity index (χ0) is 20.7. The van der Waals surface area contributed by atoms with Crippen LogP contribution >= 0.6 is 0 Å². The van der Waals surface area contributed by atoms with Crippen molar-refractivity contribution in [2.24, 2.45) is 0 Å². The van der Waals surface area contributed by atoms with Crippen molar-refractivity contribution < 1.29 is 23.5 Å². The summed E-state index contributed by atoms with van der Waals surface area (Å²) in [7, 11) is 1.34. The van der Waals surface area contributed by atoms with Crippen molar-refractivity contribution in [1.29, 1.82) is 5.26 Å². The van der Waals surface area contributed by atoms with E-state index < -0.39 is 24.2 Å². The minimum absolute atomic E-state index is 0.0398. The van der Waals surface area contributed by atoms with E-state index in [4.69, 9.17) is 9.47 Å². The molecule has 2 rings (SSSR count). The number of Topliss-reactive ketones (excluding diaryl/α,β-unsaturated/α-hetero) is 1. The molecular weight excluding hydrogens is 361 g/mol. The van der Waals surface area contributed by atoms with Crippen LogP contribution in [0, 0.1) is 17.1 Å². The Balaban J connectivity index is 2.09. The number of rotatable bonds is 7. The molecule has 5 nitrogen and oxygen atoms in total. The molecule has 0 spiro atoms. The molecule has 0 fully saturated rings. The van der Waals surface area contributed by atoms with E-state index in [0.29, 0.717) is 11.5 Å². The minimum atomic E-state index is -0.931. The van der Waals surface area contributed by atoms with E-state index in [-0.39, 0.29) is 16.9 Å². The monoisotopic (exact) mass is 381 g/mol. The molecule has 0 N–H and O–H groups in total. The standard InChI is InChI=1S/C22H20FNO4/c1-14(2)16-6-4-15(5-7-16)10-17(12-24)22(26)28-13-20(25)19-11-18(23)8-9-21(19)27-3/h4-11,14H,13H2,1-3H3/b17-10+. The number of esters is 1. The van der Waals surface area contributed by atoms with Gasteiger partial charge in [0.1, 0.15) is 23.2 Å². The number of nitrogens with zero attached hydrogens (tertiary/aromatic N) is 1. The van der Waals surface area contributed by atoms with E-state index in [9.17, 15) is 19.2 Å². The van der Waals surface area contributed by atoms with E-state index in [1.807, 2.05) is 12.1 Å². The number of carbonyl (C=O) groups excluding carboxylic acids is 2. The second kappa shape index (κ2) is 9.47. The number of hydrogen-bond donors (Lipinski definition) is 0. The van der Waals surface area contributed by atoms with Gasteiger partial charge in [-0.05, 0) is 41.3 Å². The fourth-order valence-electron chi connectivity index (χ4n) is 2.47. The number of methoxy groups -OCH3 is 1. The predicted molar refractivity (Wildman–Crippen MR) is 102 cm³/mol. The van der Waals surface area contributed by atoms with Gasteiger partial charge in [-0.2, -0.15) is 5.26 Å². The van der Waals surface area contributed by atoms with Crippen LogP contribution in [0.2, 0.25) is 0 Å². The van der Waals surface area contributed by atoms with E-state index in [1.165, 1.54) is 19.3 Å². The van der Waals surface area contributed by atoms with Crippen LogP contribution in [0.3, 0.4) is 0 Å². The van der Waals surface area contributed by atoms with Crippen LogP contribution in [-0.2, 0) is 9.53 Å². The lowest BCUT2D eigenvalue weighted by Crippen LogP contribution is -2.16. The molecule has 0 aliphatic rings. The van der Waals surface area contributed by atoms with Crippen molar-refractivity contribution in [3.8, 4) is 11.8 Å². The molecule has 0 radical (unpaired) electrons. The van der Waals surface area contributed by atoms with Crippen LogP contribution in [0.25, 0.3) is 6.08 Å². The zero-order valence-electron chi connectivity index (χ0n) is 15.9. The average Bonchev–Trinajstić information content (AvgIpc) is 2.70. The van der Waals surface area contributed by atoms with Crippen LogP contribution < -0.4 is 4.74 Å². The third-order valence-electron chi connectivity index (χ3n) is 4.05. The Kier molecular flexibility index (Phi) is 7.05. The molecule has 0 unspecified atom stereocenters. The smallest absolute Gasteiger partial charge is 0.349 e. The van der Waals surface area contributed by atoms with Gasteiger partial charge in [0.05, 0.1) is 12.7 Å². The van der Waals surface area contributed by atoms with E-state index in [2.05, 4.69) is 13.8 Å². The number of carbonyl (C=O) groups is 2. The summed E-state index contributed by atoms with van der Waals surface area (Å²) in [4.78, 5) is 24.4. The Labute approximate surface area is 163 Å². The lowest BCUT2D eigenvalue weighted by Gasteiger charge is -2.08. The average molecular weight is 381 g/mol. The van der Waals surface area contributed by atoms with Gasteiger partial charge < -0.3 is 9.47 Å². The third kappa shape index (κ3) is 5.27. The largest absolute Gasteiger partial charge is 0.496 e. The Morgan fingerprint density at radius 3 is 2.43 bits per heavy atom. The summed E-state index contributed by atoms with van der Waals surface area (Å²) in [6.45, 7) is 3.49. The maximum atomic E-state index is 13.4. The molecule has 0 amide bonds. The lowest BCUT2D eigenvalue weighted by atomic mass is 10.0. The van der Waals surface area contributed by atoms with Crippen LogP contribution in [0.5, 0.6) is 5.75 Å². The van der Waals surface area contributed by atoms with Gasteiger partial charge in [0, 0.05) is 0 Å². The Hall–Kier alpha value is -3.46. The molecule has 2 aromatic rings. The first-order chi connectivity index (χ1) is 13.3. The number of ether oxygens (including phenoxy) is 2. The van der Waals surface area contributed by atoms with Gasteiger partial charge in [-0.3, -0.25) is 4.79 Å². The molecule has 144 valence electrons. The highest BCUT2D eigenvalue weighted by Crippen LogP contribution is 2.20. The summed E-state index contributed by atoms with van der Waals surface area (Å²) < 4.78 is 23.3. The van der Waals surface area contributed by atoms with E-state index in [0.717, 1.165) is 17.7 Å². The van der Waals surface area contributed by atoms with Gasteiger partial charge in [0.15, 0.2) is 6.61 Å². The topological polar surface area (TPSA) is 76.4 Å². The van der Waals surface area contributed by atoms with Crippen LogP contribution in [0.4, 0.5) is 4.39 Å². The molecule has 0 bridgehead atoms. The van der Waals surface area contributed by atoms with Crippen LogP contribution in [0.15, 0.2) is 48.0 Å². The summed E-state index contributed by atoms with van der Waals surface area (Å²) in [6, 6.07) is 12.7. The highest BCUT2D eigenvalue weighted by atomic mass is 19.1. The van der Waals surface area contributed by atoms with Crippen molar-refractivity contribution in [1.82, 2.24) is 0 Å². The number of hydrogen-bond acceptors (Lipinski definition) is 5. The number of ketones is 1. The summed E-state index contributed by atoms with van der Waals surface area (Å²) in [6.07, 6.45) is 1.39. The van der Waals surface area contributed by atoms with Gasteiger partial charge in [0.2, 0.25) is 5.78 Å². The maximum absolute atomic E-state index is 13.4. The van der Waals surface area contributed by atoms with Gasteiger partial charge in [-0.25, -0.2) is 9.18 Å². The SMILES string of the molecule is COc1ccc(F)cc1C(=O)COC(=O)/C(C#N)=C/c1ccc(C(C)C)cc1. The highest BCUT2D eigenvalue weighted by Gasteiger charge is 2.18. The number of halogens is 1. The Morgan fingerprint density at radius 1 is 1.18 bits per heavy atom. The second-order valence-corrected chi connectivity index (χ2v) is 6.34. The first-order valence-corrected chi connectivity index (χ1v) is 8.61. The van der Waals surface area contributed by atoms with E-state index in [1.54, 1.807) is 18.2 Å². The van der Waals surface area contributed by atoms with Crippen molar-refractivity contribution in [2.75, 3.05) is 13.7 Å². The van der Waals surface area contributed by atoms with Crippen LogP contribution in [-0.4, -0.2) is 25.5 Å². The third-order valence-corrected chi connectivity index (χ3v) is 4.05.